The summed E-state index contributed by atoms with van der Waals surface area (Å²) in [6, 6.07) is 7.71. The van der Waals surface area contributed by atoms with E-state index in [0.29, 0.717) is 6.10 Å². The third-order valence-corrected chi connectivity index (χ3v) is 3.73. The predicted octanol–water partition coefficient (Wildman–Crippen LogP) is 2.18. The van der Waals surface area contributed by atoms with Gasteiger partial charge in [0.25, 0.3) is 0 Å². The molecular formula is C15H23N3O2. The molecule has 110 valence electrons. The quantitative estimate of drug-likeness (QED) is 0.362. The number of rotatable bonds is 6. The van der Waals surface area contributed by atoms with Crippen molar-refractivity contribution in [1.82, 2.24) is 0 Å². The fourth-order valence-corrected chi connectivity index (χ4v) is 2.52. The molecule has 1 atom stereocenters. The molecule has 1 fully saturated rings. The van der Waals surface area contributed by atoms with E-state index >= 15 is 0 Å². The zero-order chi connectivity index (χ0) is 14.4. The maximum Gasteiger partial charge on any atom is 0.170 e. The molecule has 0 amide bonds. The van der Waals surface area contributed by atoms with Crippen molar-refractivity contribution in [3.05, 3.63) is 29.8 Å². The zero-order valence-corrected chi connectivity index (χ0v) is 12.0. The van der Waals surface area contributed by atoms with Gasteiger partial charge in [-0.15, -0.1) is 0 Å². The minimum atomic E-state index is 0.139. The van der Waals surface area contributed by atoms with Gasteiger partial charge in [-0.25, -0.2) is 0 Å². The summed E-state index contributed by atoms with van der Waals surface area (Å²) in [4.78, 5) is 2.18. The summed E-state index contributed by atoms with van der Waals surface area (Å²) in [5.41, 5.74) is 7.41. The van der Waals surface area contributed by atoms with Gasteiger partial charge < -0.3 is 20.6 Å². The van der Waals surface area contributed by atoms with Gasteiger partial charge >= 0.3 is 0 Å². The van der Waals surface area contributed by atoms with Gasteiger partial charge in [-0.3, -0.25) is 0 Å². The molecule has 2 rings (SSSR count). The summed E-state index contributed by atoms with van der Waals surface area (Å²) >= 11 is 0. The number of ether oxygens (including phenoxy) is 1. The van der Waals surface area contributed by atoms with Crippen LogP contribution in [-0.4, -0.2) is 37.3 Å². The lowest BCUT2D eigenvalue weighted by Gasteiger charge is -2.20. The van der Waals surface area contributed by atoms with E-state index < -0.39 is 0 Å². The molecular weight excluding hydrogens is 254 g/mol. The average molecular weight is 277 g/mol. The molecule has 1 aliphatic heterocycles. The first-order valence-electron chi connectivity index (χ1n) is 7.11. The van der Waals surface area contributed by atoms with Crippen LogP contribution in [-0.2, 0) is 4.74 Å². The number of hydrogen-bond donors (Lipinski definition) is 2. The minimum Gasteiger partial charge on any atom is -0.409 e. The van der Waals surface area contributed by atoms with Crippen LogP contribution in [0.2, 0.25) is 0 Å². The maximum absolute atomic E-state index is 8.72. The third kappa shape index (κ3) is 3.87. The van der Waals surface area contributed by atoms with Crippen molar-refractivity contribution in [3.63, 3.8) is 0 Å². The number of oxime groups is 1. The van der Waals surface area contributed by atoms with Crippen molar-refractivity contribution in [2.45, 2.75) is 31.8 Å². The highest BCUT2D eigenvalue weighted by Crippen LogP contribution is 2.19. The molecule has 1 heterocycles. The lowest BCUT2D eigenvalue weighted by atomic mass is 10.1. The molecule has 20 heavy (non-hydrogen) atoms. The van der Waals surface area contributed by atoms with Crippen LogP contribution < -0.4 is 10.6 Å². The van der Waals surface area contributed by atoms with Crippen molar-refractivity contribution in [2.75, 3.05) is 25.1 Å². The smallest absolute Gasteiger partial charge is 0.170 e. The number of benzene rings is 1. The molecule has 0 aromatic heterocycles. The molecule has 5 nitrogen and oxygen atoms in total. The summed E-state index contributed by atoms with van der Waals surface area (Å²) in [5.74, 6) is 0.139. The monoisotopic (exact) mass is 277 g/mol. The highest BCUT2D eigenvalue weighted by atomic mass is 16.5. The summed E-state index contributed by atoms with van der Waals surface area (Å²) in [6.07, 6.45) is 5.07. The van der Waals surface area contributed by atoms with Gasteiger partial charge in [-0.2, -0.15) is 0 Å². The Morgan fingerprint density at radius 2 is 2.40 bits per heavy atom. The molecule has 3 N–H and O–H groups in total. The van der Waals surface area contributed by atoms with Crippen LogP contribution in [0.1, 0.15) is 31.2 Å². The lowest BCUT2D eigenvalue weighted by molar-refractivity contribution is 0.103. The predicted molar refractivity (Wildman–Crippen MR) is 80.4 cm³/mol. The van der Waals surface area contributed by atoms with Crippen molar-refractivity contribution in [2.24, 2.45) is 10.9 Å². The molecule has 0 radical (unpaired) electrons. The Labute approximate surface area is 120 Å². The molecule has 1 aromatic rings. The van der Waals surface area contributed by atoms with Crippen molar-refractivity contribution < 1.29 is 9.94 Å². The van der Waals surface area contributed by atoms with Crippen LogP contribution in [0.5, 0.6) is 0 Å². The second-order valence-electron chi connectivity index (χ2n) is 5.23. The van der Waals surface area contributed by atoms with E-state index in [0.717, 1.165) is 37.2 Å². The van der Waals surface area contributed by atoms with E-state index in [1.807, 2.05) is 24.3 Å². The Bertz CT molecular complexity index is 456. The molecule has 1 aromatic carbocycles. The second kappa shape index (κ2) is 7.14. The van der Waals surface area contributed by atoms with Gasteiger partial charge in [0.05, 0.1) is 6.10 Å². The summed E-state index contributed by atoms with van der Waals surface area (Å²) < 4.78 is 5.63. The first-order chi connectivity index (χ1) is 9.70. The van der Waals surface area contributed by atoms with Crippen molar-refractivity contribution in [3.8, 4) is 0 Å². The highest BCUT2D eigenvalue weighted by Gasteiger charge is 2.15. The summed E-state index contributed by atoms with van der Waals surface area (Å²) in [7, 11) is 2.06. The number of nitrogens with two attached hydrogens (primary N) is 1. The van der Waals surface area contributed by atoms with E-state index in [4.69, 9.17) is 15.7 Å². The summed E-state index contributed by atoms with van der Waals surface area (Å²) in [6.45, 7) is 1.89. The standard InChI is InChI=1S/C15H23N3O2/c1-18(9-3-7-14-8-4-10-20-14)13-6-2-5-12(11-13)15(16)17-19/h2,5-6,11,14,19H,3-4,7-10H2,1H3,(H2,16,17). The fourth-order valence-electron chi connectivity index (χ4n) is 2.52. The normalized spacial score (nSPS) is 19.2. The van der Waals surface area contributed by atoms with E-state index in [1.165, 1.54) is 12.8 Å². The van der Waals surface area contributed by atoms with E-state index in [2.05, 4.69) is 17.1 Å². The number of hydrogen-bond acceptors (Lipinski definition) is 4. The second-order valence-corrected chi connectivity index (χ2v) is 5.23. The molecule has 0 spiro atoms. The lowest BCUT2D eigenvalue weighted by Crippen LogP contribution is -2.21. The van der Waals surface area contributed by atoms with E-state index in [-0.39, 0.29) is 5.84 Å². The van der Waals surface area contributed by atoms with Crippen LogP contribution in [0, 0.1) is 0 Å². The Hall–Kier alpha value is -1.75. The van der Waals surface area contributed by atoms with Gasteiger partial charge in [0, 0.05) is 31.5 Å². The molecule has 5 heteroatoms. The maximum atomic E-state index is 8.72. The van der Waals surface area contributed by atoms with Crippen molar-refractivity contribution >= 4 is 11.5 Å². The first kappa shape index (κ1) is 14.7. The number of anilines is 1. The van der Waals surface area contributed by atoms with E-state index in [9.17, 15) is 0 Å². The zero-order valence-electron chi connectivity index (χ0n) is 12.0. The van der Waals surface area contributed by atoms with Crippen molar-refractivity contribution in [1.29, 1.82) is 0 Å². The largest absolute Gasteiger partial charge is 0.409 e. The van der Waals surface area contributed by atoms with Crippen LogP contribution in [0.25, 0.3) is 0 Å². The van der Waals surface area contributed by atoms with Crippen LogP contribution in [0.3, 0.4) is 0 Å². The molecule has 1 saturated heterocycles. The molecule has 1 aliphatic rings. The van der Waals surface area contributed by atoms with Crippen LogP contribution in [0.4, 0.5) is 5.69 Å². The average Bonchev–Trinajstić information content (AvgIpc) is 2.99. The Morgan fingerprint density at radius 3 is 3.10 bits per heavy atom. The van der Waals surface area contributed by atoms with E-state index in [1.54, 1.807) is 0 Å². The molecule has 1 unspecified atom stereocenters. The number of nitrogens with zero attached hydrogens (tertiary/aromatic N) is 2. The Kier molecular flexibility index (Phi) is 5.24. The van der Waals surface area contributed by atoms with Gasteiger partial charge in [0.2, 0.25) is 0 Å². The Morgan fingerprint density at radius 1 is 1.55 bits per heavy atom. The Balaban J connectivity index is 1.86. The van der Waals surface area contributed by atoms with Crippen LogP contribution >= 0.6 is 0 Å². The third-order valence-electron chi connectivity index (χ3n) is 3.73. The molecule has 0 aliphatic carbocycles. The van der Waals surface area contributed by atoms with Gasteiger partial charge in [0.1, 0.15) is 0 Å². The van der Waals surface area contributed by atoms with Gasteiger partial charge in [0.15, 0.2) is 5.84 Å². The fraction of sp³-hybridized carbons (Fsp3) is 0.533. The number of amidine groups is 1. The molecule has 0 saturated carbocycles. The minimum absolute atomic E-state index is 0.139. The first-order valence-corrected chi connectivity index (χ1v) is 7.11. The summed E-state index contributed by atoms with van der Waals surface area (Å²) in [5, 5.41) is 11.7. The van der Waals surface area contributed by atoms with Crippen LogP contribution in [0.15, 0.2) is 29.4 Å². The topological polar surface area (TPSA) is 71.1 Å². The SMILES string of the molecule is CN(CCCC1CCCO1)c1cccc(C(N)=NO)c1. The molecule has 0 bridgehead atoms. The highest BCUT2D eigenvalue weighted by molar-refractivity contribution is 5.97. The van der Waals surface area contributed by atoms with Gasteiger partial charge in [-0.1, -0.05) is 17.3 Å². The van der Waals surface area contributed by atoms with Gasteiger partial charge in [-0.05, 0) is 37.8 Å².